The quantitative estimate of drug-likeness (QED) is 0.631. The lowest BCUT2D eigenvalue weighted by molar-refractivity contribution is -0.130. The highest BCUT2D eigenvalue weighted by molar-refractivity contribution is 5.76. The van der Waals surface area contributed by atoms with E-state index in [0.717, 1.165) is 17.7 Å². The number of aromatic nitrogens is 4. The number of benzene rings is 1. The molecule has 0 saturated carbocycles. The molecule has 1 amide bonds. The predicted molar refractivity (Wildman–Crippen MR) is 101 cm³/mol. The third-order valence-corrected chi connectivity index (χ3v) is 4.82. The molecule has 0 spiro atoms. The molecular formula is C20H20FN5O3. The van der Waals surface area contributed by atoms with Crippen molar-refractivity contribution in [3.05, 3.63) is 54.2 Å². The fourth-order valence-corrected chi connectivity index (χ4v) is 3.43. The first-order valence-corrected chi connectivity index (χ1v) is 9.37. The van der Waals surface area contributed by atoms with Crippen LogP contribution in [0.25, 0.3) is 11.4 Å². The summed E-state index contributed by atoms with van der Waals surface area (Å²) in [6.45, 7) is 3.12. The van der Waals surface area contributed by atoms with Gasteiger partial charge in [0, 0.05) is 38.2 Å². The molecule has 3 heterocycles. The monoisotopic (exact) mass is 397 g/mol. The first-order valence-electron chi connectivity index (χ1n) is 9.37. The van der Waals surface area contributed by atoms with Gasteiger partial charge < -0.3 is 14.2 Å². The Kier molecular flexibility index (Phi) is 5.46. The maximum atomic E-state index is 13.2. The highest BCUT2D eigenvalue weighted by Gasteiger charge is 2.30. The Hall–Kier alpha value is -3.36. The summed E-state index contributed by atoms with van der Waals surface area (Å²) in [5.41, 5.74) is 1.53. The van der Waals surface area contributed by atoms with Crippen molar-refractivity contribution in [1.29, 1.82) is 0 Å². The lowest BCUT2D eigenvalue weighted by Gasteiger charge is -2.17. The summed E-state index contributed by atoms with van der Waals surface area (Å²) >= 11 is 0. The number of aryl methyl sites for hydroxylation is 1. The van der Waals surface area contributed by atoms with Crippen molar-refractivity contribution >= 4 is 5.91 Å². The van der Waals surface area contributed by atoms with Crippen molar-refractivity contribution in [2.45, 2.75) is 25.7 Å². The molecule has 0 radical (unpaired) electrons. The normalized spacial score (nSPS) is 16.2. The Morgan fingerprint density at radius 2 is 2.31 bits per heavy atom. The molecule has 1 aliphatic rings. The molecule has 29 heavy (non-hydrogen) atoms. The summed E-state index contributed by atoms with van der Waals surface area (Å²) in [5.74, 6) is 1.03. The van der Waals surface area contributed by atoms with Crippen molar-refractivity contribution in [1.82, 2.24) is 25.0 Å². The zero-order chi connectivity index (χ0) is 20.2. The zero-order valence-corrected chi connectivity index (χ0v) is 15.9. The molecule has 9 heteroatoms. The highest BCUT2D eigenvalue weighted by atomic mass is 19.1. The van der Waals surface area contributed by atoms with E-state index in [0.29, 0.717) is 30.6 Å². The summed E-state index contributed by atoms with van der Waals surface area (Å²) < 4.78 is 23.7. The van der Waals surface area contributed by atoms with Crippen LogP contribution in [0, 0.1) is 12.7 Å². The van der Waals surface area contributed by atoms with Crippen LogP contribution in [0.5, 0.6) is 5.75 Å². The second-order valence-electron chi connectivity index (χ2n) is 6.84. The SMILES string of the molecule is Cc1nc(-c2cncnc2C2CCN(C(=O)CCOc3cccc(F)c3)C2)no1. The van der Waals surface area contributed by atoms with Crippen LogP contribution < -0.4 is 4.74 Å². The smallest absolute Gasteiger partial charge is 0.226 e. The molecule has 8 nitrogen and oxygen atoms in total. The number of likely N-dealkylation sites (tertiary alicyclic amines) is 1. The van der Waals surface area contributed by atoms with Crippen LogP contribution >= 0.6 is 0 Å². The van der Waals surface area contributed by atoms with Crippen LogP contribution in [0.3, 0.4) is 0 Å². The molecular weight excluding hydrogens is 377 g/mol. The summed E-state index contributed by atoms with van der Waals surface area (Å²) in [4.78, 5) is 27.1. The second kappa shape index (κ2) is 8.34. The average molecular weight is 397 g/mol. The minimum absolute atomic E-state index is 0.00471. The second-order valence-corrected chi connectivity index (χ2v) is 6.84. The van der Waals surface area contributed by atoms with E-state index in [4.69, 9.17) is 9.26 Å². The van der Waals surface area contributed by atoms with Gasteiger partial charge in [-0.25, -0.2) is 14.4 Å². The van der Waals surface area contributed by atoms with Gasteiger partial charge in [-0.15, -0.1) is 0 Å². The molecule has 4 rings (SSSR count). The molecule has 150 valence electrons. The molecule has 1 atom stereocenters. The minimum Gasteiger partial charge on any atom is -0.493 e. The van der Waals surface area contributed by atoms with E-state index < -0.39 is 0 Å². The lowest BCUT2D eigenvalue weighted by atomic mass is 10.00. The van der Waals surface area contributed by atoms with E-state index in [1.807, 2.05) is 0 Å². The van der Waals surface area contributed by atoms with Crippen molar-refractivity contribution in [2.24, 2.45) is 0 Å². The van der Waals surface area contributed by atoms with Gasteiger partial charge in [-0.3, -0.25) is 4.79 Å². The van der Waals surface area contributed by atoms with Gasteiger partial charge >= 0.3 is 0 Å². The summed E-state index contributed by atoms with van der Waals surface area (Å²) in [7, 11) is 0. The van der Waals surface area contributed by atoms with E-state index >= 15 is 0 Å². The van der Waals surface area contributed by atoms with Crippen LogP contribution in [0.4, 0.5) is 4.39 Å². The fourth-order valence-electron chi connectivity index (χ4n) is 3.43. The van der Waals surface area contributed by atoms with E-state index in [9.17, 15) is 9.18 Å². The zero-order valence-electron chi connectivity index (χ0n) is 15.9. The topological polar surface area (TPSA) is 94.2 Å². The third kappa shape index (κ3) is 4.39. The Labute approximate surface area is 166 Å². The predicted octanol–water partition coefficient (Wildman–Crippen LogP) is 2.76. The van der Waals surface area contributed by atoms with Gasteiger partial charge in [0.05, 0.1) is 24.3 Å². The number of nitrogens with zero attached hydrogens (tertiary/aromatic N) is 5. The largest absolute Gasteiger partial charge is 0.493 e. The Balaban J connectivity index is 1.36. The van der Waals surface area contributed by atoms with Crippen molar-refractivity contribution < 1.29 is 18.4 Å². The van der Waals surface area contributed by atoms with E-state index in [1.165, 1.54) is 18.5 Å². The molecule has 2 aromatic heterocycles. The maximum Gasteiger partial charge on any atom is 0.226 e. The van der Waals surface area contributed by atoms with E-state index in [-0.39, 0.29) is 30.7 Å². The van der Waals surface area contributed by atoms with Gasteiger partial charge in [0.1, 0.15) is 17.9 Å². The molecule has 0 N–H and O–H groups in total. The number of hydrogen-bond acceptors (Lipinski definition) is 7. The van der Waals surface area contributed by atoms with Crippen molar-refractivity contribution in [2.75, 3.05) is 19.7 Å². The van der Waals surface area contributed by atoms with Crippen molar-refractivity contribution in [3.63, 3.8) is 0 Å². The van der Waals surface area contributed by atoms with Crippen molar-refractivity contribution in [3.8, 4) is 17.1 Å². The van der Waals surface area contributed by atoms with Crippen LogP contribution in [0.1, 0.15) is 30.3 Å². The fraction of sp³-hybridized carbons (Fsp3) is 0.350. The molecule has 1 unspecified atom stereocenters. The van der Waals surface area contributed by atoms with Gasteiger partial charge in [0.15, 0.2) is 0 Å². The van der Waals surface area contributed by atoms with Crippen LogP contribution in [0.15, 0.2) is 41.3 Å². The number of carbonyl (C=O) groups excluding carboxylic acids is 1. The van der Waals surface area contributed by atoms with Gasteiger partial charge in [0.25, 0.3) is 0 Å². The third-order valence-electron chi connectivity index (χ3n) is 4.82. The standard InChI is InChI=1S/C20H20FN5O3/c1-13-24-20(25-29-13)17-10-22-12-23-19(17)14-5-7-26(11-14)18(27)6-8-28-16-4-2-3-15(21)9-16/h2-4,9-10,12,14H,5-8,11H2,1H3. The molecule has 1 aliphatic heterocycles. The molecule has 3 aromatic rings. The summed E-state index contributed by atoms with van der Waals surface area (Å²) in [6.07, 6.45) is 4.17. The average Bonchev–Trinajstić information content (AvgIpc) is 3.37. The van der Waals surface area contributed by atoms with Gasteiger partial charge in [-0.2, -0.15) is 4.98 Å². The summed E-state index contributed by atoms with van der Waals surface area (Å²) in [5, 5.41) is 3.96. The number of hydrogen-bond donors (Lipinski definition) is 0. The van der Waals surface area contributed by atoms with Crippen LogP contribution in [0.2, 0.25) is 0 Å². The van der Waals surface area contributed by atoms with Gasteiger partial charge in [0.2, 0.25) is 17.6 Å². The Bertz CT molecular complexity index is 1010. The lowest BCUT2D eigenvalue weighted by Crippen LogP contribution is -2.29. The highest BCUT2D eigenvalue weighted by Crippen LogP contribution is 2.32. The van der Waals surface area contributed by atoms with E-state index in [1.54, 1.807) is 30.2 Å². The molecule has 0 aliphatic carbocycles. The van der Waals surface area contributed by atoms with E-state index in [2.05, 4.69) is 20.1 Å². The molecule has 0 bridgehead atoms. The molecule has 1 fully saturated rings. The Morgan fingerprint density at radius 1 is 1.41 bits per heavy atom. The van der Waals surface area contributed by atoms with Crippen LogP contribution in [-0.2, 0) is 4.79 Å². The number of carbonyl (C=O) groups is 1. The first-order chi connectivity index (χ1) is 14.1. The number of ether oxygens (including phenoxy) is 1. The molecule has 1 aromatic carbocycles. The molecule has 1 saturated heterocycles. The number of amides is 1. The minimum atomic E-state index is -0.367. The van der Waals surface area contributed by atoms with Gasteiger partial charge in [-0.05, 0) is 18.6 Å². The Morgan fingerprint density at radius 3 is 3.10 bits per heavy atom. The number of halogens is 1. The van der Waals surface area contributed by atoms with Crippen LogP contribution in [-0.4, -0.2) is 50.6 Å². The first kappa shape index (κ1) is 19.0. The number of rotatable bonds is 6. The van der Waals surface area contributed by atoms with Gasteiger partial charge in [-0.1, -0.05) is 11.2 Å². The maximum absolute atomic E-state index is 13.2. The summed E-state index contributed by atoms with van der Waals surface area (Å²) in [6, 6.07) is 5.88.